The van der Waals surface area contributed by atoms with Crippen LogP contribution in [0.4, 0.5) is 0 Å². The summed E-state index contributed by atoms with van der Waals surface area (Å²) in [6, 6.07) is 12.6. The van der Waals surface area contributed by atoms with E-state index in [9.17, 15) is 4.79 Å². The fourth-order valence-electron chi connectivity index (χ4n) is 3.68. The van der Waals surface area contributed by atoms with E-state index in [1.165, 1.54) is 12.0 Å². The molecule has 4 rings (SSSR count). The van der Waals surface area contributed by atoms with E-state index in [1.54, 1.807) is 6.20 Å². The smallest absolute Gasteiger partial charge is 0.255 e. The lowest BCUT2D eigenvalue weighted by molar-refractivity contribution is 0.0613. The molecule has 3 heterocycles. The van der Waals surface area contributed by atoms with Gasteiger partial charge in [0, 0.05) is 24.2 Å². The van der Waals surface area contributed by atoms with Gasteiger partial charge in [-0.3, -0.25) is 9.89 Å². The van der Waals surface area contributed by atoms with Crippen LogP contribution in [0.3, 0.4) is 0 Å². The highest BCUT2D eigenvalue weighted by Gasteiger charge is 2.28. The highest BCUT2D eigenvalue weighted by molar-refractivity contribution is 5.97. The van der Waals surface area contributed by atoms with Gasteiger partial charge in [-0.2, -0.15) is 5.10 Å². The minimum absolute atomic E-state index is 0.0793. The monoisotopic (exact) mass is 334 g/mol. The number of nitrogens with zero attached hydrogens (tertiary/aromatic N) is 3. The molecule has 0 saturated carbocycles. The molecule has 0 spiro atoms. The van der Waals surface area contributed by atoms with Gasteiger partial charge in [0.1, 0.15) is 0 Å². The molecular formula is C20H22N4O. The van der Waals surface area contributed by atoms with Crippen LogP contribution in [0.2, 0.25) is 0 Å². The summed E-state index contributed by atoms with van der Waals surface area (Å²) in [4.78, 5) is 19.5. The van der Waals surface area contributed by atoms with Gasteiger partial charge in [-0.05, 0) is 44.2 Å². The normalized spacial score (nSPS) is 17.8. The number of carbonyl (C=O) groups excluding carboxylic acids is 1. The number of amides is 1. The van der Waals surface area contributed by atoms with Crippen molar-refractivity contribution in [1.29, 1.82) is 0 Å². The van der Waals surface area contributed by atoms with Crippen LogP contribution in [0.15, 0.2) is 42.6 Å². The molecule has 0 aliphatic carbocycles. The van der Waals surface area contributed by atoms with E-state index in [2.05, 4.69) is 39.4 Å². The van der Waals surface area contributed by atoms with Crippen LogP contribution in [-0.4, -0.2) is 38.6 Å². The third kappa shape index (κ3) is 3.14. The fourth-order valence-corrected chi connectivity index (χ4v) is 3.68. The largest absolute Gasteiger partial charge is 0.335 e. The van der Waals surface area contributed by atoms with Crippen molar-refractivity contribution in [1.82, 2.24) is 20.1 Å². The summed E-state index contributed by atoms with van der Waals surface area (Å²) >= 11 is 0. The van der Waals surface area contributed by atoms with E-state index in [4.69, 9.17) is 0 Å². The van der Waals surface area contributed by atoms with Crippen molar-refractivity contribution in [3.05, 3.63) is 59.4 Å². The zero-order valence-electron chi connectivity index (χ0n) is 14.4. The zero-order valence-corrected chi connectivity index (χ0v) is 14.4. The first-order chi connectivity index (χ1) is 12.2. The summed E-state index contributed by atoms with van der Waals surface area (Å²) in [5.74, 6) is 0.0793. The number of aromatic nitrogens is 3. The second-order valence-corrected chi connectivity index (χ2v) is 6.77. The molecule has 3 aromatic rings. The zero-order chi connectivity index (χ0) is 17.2. The Balaban J connectivity index is 1.60. The van der Waals surface area contributed by atoms with E-state index in [0.29, 0.717) is 5.56 Å². The number of rotatable bonds is 3. The summed E-state index contributed by atoms with van der Waals surface area (Å²) < 4.78 is 0. The lowest BCUT2D eigenvalue weighted by Crippen LogP contribution is -2.44. The van der Waals surface area contributed by atoms with Crippen molar-refractivity contribution >= 4 is 16.9 Å². The van der Waals surface area contributed by atoms with Gasteiger partial charge in [-0.1, -0.05) is 30.3 Å². The third-order valence-corrected chi connectivity index (χ3v) is 5.06. The average molecular weight is 334 g/mol. The lowest BCUT2D eigenvalue weighted by Gasteiger charge is -2.36. The average Bonchev–Trinajstić information content (AvgIpc) is 3.03. The number of H-pyrrole nitrogens is 1. The Morgan fingerprint density at radius 2 is 2.12 bits per heavy atom. The first-order valence-electron chi connectivity index (χ1n) is 8.88. The molecule has 128 valence electrons. The Labute approximate surface area is 147 Å². The molecule has 1 fully saturated rings. The molecule has 1 amide bonds. The van der Waals surface area contributed by atoms with Crippen LogP contribution >= 0.6 is 0 Å². The summed E-state index contributed by atoms with van der Waals surface area (Å²) in [6.07, 6.45) is 5.88. The summed E-state index contributed by atoms with van der Waals surface area (Å²) in [5, 5.41) is 7.97. The molecule has 1 N–H and O–H groups in total. The van der Waals surface area contributed by atoms with Gasteiger partial charge < -0.3 is 4.90 Å². The van der Waals surface area contributed by atoms with E-state index in [1.807, 2.05) is 24.0 Å². The number of piperidine rings is 1. The van der Waals surface area contributed by atoms with Crippen LogP contribution in [0, 0.1) is 6.92 Å². The molecule has 1 aliphatic heterocycles. The van der Waals surface area contributed by atoms with Gasteiger partial charge in [0.15, 0.2) is 5.65 Å². The standard InChI is InChI=1S/C20H22N4O/c1-14-18-12-16(13-21-19(18)23-22-14)20(25)24-10-6-5-9-17(24)11-15-7-3-2-4-8-15/h2-4,7-8,12-13,17H,5-6,9-11H2,1H3,(H,21,22,23)/t17-/m0/s1. The van der Waals surface area contributed by atoms with Crippen molar-refractivity contribution in [2.24, 2.45) is 0 Å². The minimum atomic E-state index is 0.0793. The molecule has 5 heteroatoms. The Bertz CT molecular complexity index is 887. The van der Waals surface area contributed by atoms with Crippen LogP contribution in [0.5, 0.6) is 0 Å². The minimum Gasteiger partial charge on any atom is -0.335 e. The molecule has 2 aromatic heterocycles. The van der Waals surface area contributed by atoms with Gasteiger partial charge in [0.25, 0.3) is 5.91 Å². The maximum absolute atomic E-state index is 13.1. The quantitative estimate of drug-likeness (QED) is 0.797. The Morgan fingerprint density at radius 3 is 2.96 bits per heavy atom. The number of aryl methyl sites for hydroxylation is 1. The van der Waals surface area contributed by atoms with Crippen molar-refractivity contribution in [2.75, 3.05) is 6.54 Å². The number of hydrogen-bond acceptors (Lipinski definition) is 3. The molecular weight excluding hydrogens is 312 g/mol. The molecule has 0 radical (unpaired) electrons. The van der Waals surface area contributed by atoms with Gasteiger partial charge in [-0.15, -0.1) is 0 Å². The Hall–Kier alpha value is -2.69. The van der Waals surface area contributed by atoms with Gasteiger partial charge >= 0.3 is 0 Å². The fraction of sp³-hybridized carbons (Fsp3) is 0.350. The van der Waals surface area contributed by atoms with Gasteiger partial charge in [-0.25, -0.2) is 4.98 Å². The molecule has 25 heavy (non-hydrogen) atoms. The number of carbonyl (C=O) groups is 1. The van der Waals surface area contributed by atoms with Crippen molar-refractivity contribution < 1.29 is 4.79 Å². The molecule has 1 aromatic carbocycles. The SMILES string of the molecule is Cc1n[nH]c2ncc(C(=O)N3CCCC[C@H]3Cc3ccccc3)cc12. The maximum Gasteiger partial charge on any atom is 0.255 e. The summed E-state index contributed by atoms with van der Waals surface area (Å²) in [6.45, 7) is 2.74. The Kier molecular flexibility index (Phi) is 4.22. The highest BCUT2D eigenvalue weighted by Crippen LogP contribution is 2.24. The molecule has 0 bridgehead atoms. The third-order valence-electron chi connectivity index (χ3n) is 5.06. The van der Waals surface area contributed by atoms with E-state index in [0.717, 1.165) is 42.5 Å². The van der Waals surface area contributed by atoms with Gasteiger partial charge in [0.05, 0.1) is 11.3 Å². The van der Waals surface area contributed by atoms with Crippen LogP contribution < -0.4 is 0 Å². The molecule has 1 atom stereocenters. The number of nitrogens with one attached hydrogen (secondary N) is 1. The lowest BCUT2D eigenvalue weighted by atomic mass is 9.95. The second kappa shape index (κ2) is 6.67. The van der Waals surface area contributed by atoms with E-state index in [-0.39, 0.29) is 11.9 Å². The number of pyridine rings is 1. The topological polar surface area (TPSA) is 61.9 Å². The van der Waals surface area contributed by atoms with E-state index >= 15 is 0 Å². The predicted molar refractivity (Wildman–Crippen MR) is 97.4 cm³/mol. The summed E-state index contributed by atoms with van der Waals surface area (Å²) in [5.41, 5.74) is 3.54. The number of hydrogen-bond donors (Lipinski definition) is 1. The number of benzene rings is 1. The molecule has 0 unspecified atom stereocenters. The van der Waals surface area contributed by atoms with Crippen molar-refractivity contribution in [3.8, 4) is 0 Å². The molecule has 1 aliphatic rings. The summed E-state index contributed by atoms with van der Waals surface area (Å²) in [7, 11) is 0. The first kappa shape index (κ1) is 15.8. The van der Waals surface area contributed by atoms with Crippen LogP contribution in [0.25, 0.3) is 11.0 Å². The van der Waals surface area contributed by atoms with Crippen molar-refractivity contribution in [3.63, 3.8) is 0 Å². The van der Waals surface area contributed by atoms with Crippen LogP contribution in [0.1, 0.15) is 40.9 Å². The number of likely N-dealkylation sites (tertiary alicyclic amines) is 1. The van der Waals surface area contributed by atoms with Crippen LogP contribution in [-0.2, 0) is 6.42 Å². The molecule has 5 nitrogen and oxygen atoms in total. The number of fused-ring (bicyclic) bond motifs is 1. The maximum atomic E-state index is 13.1. The van der Waals surface area contributed by atoms with E-state index < -0.39 is 0 Å². The molecule has 1 saturated heterocycles. The first-order valence-corrected chi connectivity index (χ1v) is 8.88. The second-order valence-electron chi connectivity index (χ2n) is 6.77. The predicted octanol–water partition coefficient (Wildman–Crippen LogP) is 3.50. The Morgan fingerprint density at radius 1 is 1.28 bits per heavy atom. The van der Waals surface area contributed by atoms with Crippen molar-refractivity contribution in [2.45, 2.75) is 38.6 Å². The number of aromatic amines is 1. The highest BCUT2D eigenvalue weighted by atomic mass is 16.2. The van der Waals surface area contributed by atoms with Gasteiger partial charge in [0.2, 0.25) is 0 Å².